The van der Waals surface area contributed by atoms with Gasteiger partial charge in [0.1, 0.15) is 18.2 Å². The predicted octanol–water partition coefficient (Wildman–Crippen LogP) is 4.18. The molecule has 2 nitrogen and oxygen atoms in total. The molecule has 0 unspecified atom stereocenters. The highest BCUT2D eigenvalue weighted by Gasteiger charge is 1.98. The summed E-state index contributed by atoms with van der Waals surface area (Å²) in [6.07, 6.45) is 2.89. The summed E-state index contributed by atoms with van der Waals surface area (Å²) in [5, 5.41) is -0.525. The minimum Gasteiger partial charge on any atom is -0.489 e. The van der Waals surface area contributed by atoms with Gasteiger partial charge < -0.3 is 4.74 Å². The van der Waals surface area contributed by atoms with Crippen LogP contribution in [0.1, 0.15) is 11.1 Å². The molecule has 0 heterocycles. The Bertz CT molecular complexity index is 621. The average Bonchev–Trinajstić information content (AvgIpc) is 2.45. The molecule has 2 aromatic carbocycles. The first-order valence-electron chi connectivity index (χ1n) is 5.98. The second-order valence-corrected chi connectivity index (χ2v) is 4.50. The summed E-state index contributed by atoms with van der Waals surface area (Å²) in [4.78, 5) is 10.7. The van der Waals surface area contributed by atoms with E-state index >= 15 is 0 Å². The first kappa shape index (κ1) is 14.3. The maximum Gasteiger partial charge on any atom is 0.245 e. The first-order valence-corrected chi connectivity index (χ1v) is 6.36. The number of hydrogen-bond donors (Lipinski definition) is 0. The summed E-state index contributed by atoms with van der Waals surface area (Å²) < 4.78 is 18.4. The summed E-state index contributed by atoms with van der Waals surface area (Å²) in [5.41, 5.74) is 1.69. The molecule has 0 amide bonds. The van der Waals surface area contributed by atoms with Gasteiger partial charge in [-0.2, -0.15) is 0 Å². The van der Waals surface area contributed by atoms with E-state index in [0.717, 1.165) is 11.1 Å². The Morgan fingerprint density at radius 3 is 2.65 bits per heavy atom. The van der Waals surface area contributed by atoms with Crippen LogP contribution >= 0.6 is 11.6 Å². The molecule has 102 valence electrons. The van der Waals surface area contributed by atoms with E-state index in [9.17, 15) is 9.18 Å². The van der Waals surface area contributed by atoms with Crippen molar-refractivity contribution in [1.82, 2.24) is 0 Å². The second-order valence-electron chi connectivity index (χ2n) is 4.13. The van der Waals surface area contributed by atoms with Crippen molar-refractivity contribution < 1.29 is 13.9 Å². The second kappa shape index (κ2) is 6.87. The first-order chi connectivity index (χ1) is 9.63. The van der Waals surface area contributed by atoms with Crippen molar-refractivity contribution in [3.63, 3.8) is 0 Å². The molecule has 0 N–H and O–H groups in total. The van der Waals surface area contributed by atoms with Gasteiger partial charge in [-0.3, -0.25) is 4.79 Å². The number of rotatable bonds is 5. The Hall–Kier alpha value is -2.13. The highest BCUT2D eigenvalue weighted by atomic mass is 35.5. The Morgan fingerprint density at radius 2 is 1.95 bits per heavy atom. The van der Waals surface area contributed by atoms with Gasteiger partial charge in [-0.25, -0.2) is 4.39 Å². The molecule has 0 saturated heterocycles. The highest BCUT2D eigenvalue weighted by Crippen LogP contribution is 2.16. The third kappa shape index (κ3) is 4.52. The van der Waals surface area contributed by atoms with Gasteiger partial charge in [-0.05, 0) is 53.1 Å². The zero-order valence-corrected chi connectivity index (χ0v) is 11.3. The molecule has 2 rings (SSSR count). The van der Waals surface area contributed by atoms with Gasteiger partial charge in [-0.15, -0.1) is 0 Å². The molecule has 0 fully saturated rings. The molecule has 0 atom stereocenters. The molecule has 0 aromatic heterocycles. The van der Waals surface area contributed by atoms with Crippen LogP contribution in [-0.2, 0) is 11.4 Å². The number of carbonyl (C=O) groups excluding carboxylic acids is 1. The average molecular weight is 291 g/mol. The van der Waals surface area contributed by atoms with Crippen molar-refractivity contribution in [2.45, 2.75) is 6.61 Å². The van der Waals surface area contributed by atoms with Crippen LogP contribution in [-0.4, -0.2) is 5.24 Å². The van der Waals surface area contributed by atoms with Crippen molar-refractivity contribution in [2.24, 2.45) is 0 Å². The summed E-state index contributed by atoms with van der Waals surface area (Å²) in [5.74, 6) is 0.394. The van der Waals surface area contributed by atoms with Crippen LogP contribution in [0.2, 0.25) is 0 Å². The molecule has 0 aliphatic carbocycles. The molecule has 0 aliphatic heterocycles. The largest absolute Gasteiger partial charge is 0.489 e. The monoisotopic (exact) mass is 290 g/mol. The molecule has 4 heteroatoms. The lowest BCUT2D eigenvalue weighted by atomic mass is 10.2. The number of halogens is 2. The fraction of sp³-hybridized carbons (Fsp3) is 0.0625. The minimum absolute atomic E-state index is 0.272. The van der Waals surface area contributed by atoms with Crippen LogP contribution < -0.4 is 4.74 Å². The smallest absolute Gasteiger partial charge is 0.245 e. The van der Waals surface area contributed by atoms with Gasteiger partial charge in [-0.1, -0.05) is 30.3 Å². The van der Waals surface area contributed by atoms with Crippen LogP contribution in [0.4, 0.5) is 4.39 Å². The quantitative estimate of drug-likeness (QED) is 0.610. The number of carbonyl (C=O) groups is 1. The zero-order valence-electron chi connectivity index (χ0n) is 10.6. The SMILES string of the molecule is O=C(Cl)/C=C/c1cccc(OCc2ccc(F)cc2)c1. The van der Waals surface area contributed by atoms with Crippen LogP contribution in [0.25, 0.3) is 6.08 Å². The van der Waals surface area contributed by atoms with Crippen molar-refractivity contribution in [1.29, 1.82) is 0 Å². The Labute approximate surface area is 121 Å². The van der Waals surface area contributed by atoms with E-state index in [0.29, 0.717) is 12.4 Å². The summed E-state index contributed by atoms with van der Waals surface area (Å²) in [6.45, 7) is 0.349. The summed E-state index contributed by atoms with van der Waals surface area (Å²) in [6, 6.07) is 13.4. The fourth-order valence-corrected chi connectivity index (χ4v) is 1.68. The Morgan fingerprint density at radius 1 is 1.20 bits per heavy atom. The summed E-state index contributed by atoms with van der Waals surface area (Å²) >= 11 is 5.23. The van der Waals surface area contributed by atoms with E-state index in [1.54, 1.807) is 24.3 Å². The molecule has 0 spiro atoms. The van der Waals surface area contributed by atoms with E-state index in [2.05, 4.69) is 0 Å². The Balaban J connectivity index is 2.01. The van der Waals surface area contributed by atoms with Crippen molar-refractivity contribution in [3.8, 4) is 5.75 Å². The standard InChI is InChI=1S/C16H12ClFO2/c17-16(19)9-6-12-2-1-3-15(10-12)20-11-13-4-7-14(18)8-5-13/h1-10H,11H2/b9-6+. The van der Waals surface area contributed by atoms with E-state index < -0.39 is 5.24 Å². The van der Waals surface area contributed by atoms with E-state index in [1.807, 2.05) is 18.2 Å². The third-order valence-corrected chi connectivity index (χ3v) is 2.71. The lowest BCUT2D eigenvalue weighted by Gasteiger charge is -2.07. The predicted molar refractivity (Wildman–Crippen MR) is 77.1 cm³/mol. The van der Waals surface area contributed by atoms with Gasteiger partial charge in [0.25, 0.3) is 0 Å². The van der Waals surface area contributed by atoms with Crippen molar-refractivity contribution in [2.75, 3.05) is 0 Å². The van der Waals surface area contributed by atoms with Gasteiger partial charge in [0, 0.05) is 0 Å². The lowest BCUT2D eigenvalue weighted by molar-refractivity contribution is -0.107. The van der Waals surface area contributed by atoms with E-state index in [-0.39, 0.29) is 5.82 Å². The van der Waals surface area contributed by atoms with E-state index in [1.165, 1.54) is 18.2 Å². The third-order valence-electron chi connectivity index (χ3n) is 2.58. The fourth-order valence-electron chi connectivity index (χ4n) is 1.62. The molecule has 0 radical (unpaired) electrons. The number of benzene rings is 2. The van der Waals surface area contributed by atoms with Crippen LogP contribution in [0.3, 0.4) is 0 Å². The van der Waals surface area contributed by atoms with Gasteiger partial charge in [0.2, 0.25) is 5.24 Å². The topological polar surface area (TPSA) is 26.3 Å². The highest BCUT2D eigenvalue weighted by molar-refractivity contribution is 6.66. The molecule has 0 bridgehead atoms. The maximum absolute atomic E-state index is 12.8. The Kier molecular flexibility index (Phi) is 4.91. The lowest BCUT2D eigenvalue weighted by Crippen LogP contribution is -1.95. The van der Waals surface area contributed by atoms with E-state index in [4.69, 9.17) is 16.3 Å². The minimum atomic E-state index is -0.525. The molecule has 0 aliphatic rings. The van der Waals surface area contributed by atoms with Gasteiger partial charge in [0.15, 0.2) is 0 Å². The normalized spacial score (nSPS) is 10.7. The molecule has 20 heavy (non-hydrogen) atoms. The zero-order chi connectivity index (χ0) is 14.4. The van der Waals surface area contributed by atoms with Crippen LogP contribution in [0.5, 0.6) is 5.75 Å². The van der Waals surface area contributed by atoms with Gasteiger partial charge in [0.05, 0.1) is 0 Å². The summed E-state index contributed by atoms with van der Waals surface area (Å²) in [7, 11) is 0. The van der Waals surface area contributed by atoms with Crippen molar-refractivity contribution in [3.05, 3.63) is 71.6 Å². The van der Waals surface area contributed by atoms with Crippen molar-refractivity contribution >= 4 is 22.9 Å². The maximum atomic E-state index is 12.8. The van der Waals surface area contributed by atoms with Crippen LogP contribution in [0, 0.1) is 5.82 Å². The molecular formula is C16H12ClFO2. The molecule has 2 aromatic rings. The number of hydrogen-bond acceptors (Lipinski definition) is 2. The number of ether oxygens (including phenoxy) is 1. The van der Waals surface area contributed by atoms with Gasteiger partial charge >= 0.3 is 0 Å². The number of allylic oxidation sites excluding steroid dienone is 1. The molecule has 0 saturated carbocycles. The van der Waals surface area contributed by atoms with Crippen LogP contribution in [0.15, 0.2) is 54.6 Å². The molecular weight excluding hydrogens is 279 g/mol.